The van der Waals surface area contributed by atoms with Crippen LogP contribution in [0.2, 0.25) is 0 Å². The standard InChI is InChI=1S/C23H34N2O3/c1-23(11-9-19(27)24-12-13-25(2)3)10-8-17-14-18(26)20-15-4-6-16(7-5-15)21(20)22(17)28-23/h14-16,26H,4-13H2,1-3H3,(H,24,27). The topological polar surface area (TPSA) is 61.8 Å². The van der Waals surface area contributed by atoms with E-state index in [9.17, 15) is 9.90 Å². The van der Waals surface area contributed by atoms with Gasteiger partial charge in [-0.15, -0.1) is 0 Å². The fourth-order valence-corrected chi connectivity index (χ4v) is 5.31. The molecule has 1 amide bonds. The van der Waals surface area contributed by atoms with Crippen molar-refractivity contribution in [1.82, 2.24) is 10.2 Å². The molecule has 0 saturated heterocycles. The number of hydrogen-bond acceptors (Lipinski definition) is 4. The summed E-state index contributed by atoms with van der Waals surface area (Å²) in [5.41, 5.74) is 3.29. The smallest absolute Gasteiger partial charge is 0.220 e. The first kappa shape index (κ1) is 19.6. The molecule has 1 saturated carbocycles. The average Bonchev–Trinajstić information content (AvgIpc) is 2.68. The maximum Gasteiger partial charge on any atom is 0.220 e. The van der Waals surface area contributed by atoms with Crippen molar-refractivity contribution in [3.05, 3.63) is 22.8 Å². The number of carbonyl (C=O) groups excluding carboxylic acids is 1. The van der Waals surface area contributed by atoms with E-state index in [2.05, 4.69) is 17.1 Å². The molecule has 0 radical (unpaired) electrons. The second-order valence-electron chi connectivity index (χ2n) is 9.47. The van der Waals surface area contributed by atoms with E-state index in [0.29, 0.717) is 30.6 Å². The number of benzene rings is 1. The number of nitrogens with one attached hydrogen (secondary N) is 1. The lowest BCUT2D eigenvalue weighted by Crippen LogP contribution is -2.39. The predicted octanol–water partition coefficient (Wildman–Crippen LogP) is 3.69. The lowest BCUT2D eigenvalue weighted by atomic mass is 9.65. The average molecular weight is 387 g/mol. The van der Waals surface area contributed by atoms with Gasteiger partial charge in [0.15, 0.2) is 0 Å². The molecular weight excluding hydrogens is 352 g/mol. The van der Waals surface area contributed by atoms with Gasteiger partial charge in [-0.05, 0) is 89.4 Å². The molecule has 3 aliphatic carbocycles. The van der Waals surface area contributed by atoms with E-state index in [1.165, 1.54) is 31.2 Å². The molecule has 4 aliphatic rings. The van der Waals surface area contributed by atoms with Crippen LogP contribution < -0.4 is 10.1 Å². The Morgan fingerprint density at radius 3 is 2.61 bits per heavy atom. The first-order chi connectivity index (χ1) is 13.4. The van der Waals surface area contributed by atoms with E-state index in [1.807, 2.05) is 20.2 Å². The number of aromatic hydroxyl groups is 1. The Labute approximate surface area is 168 Å². The zero-order chi connectivity index (χ0) is 19.9. The summed E-state index contributed by atoms with van der Waals surface area (Å²) in [6, 6.07) is 1.95. The molecule has 0 aromatic heterocycles. The number of amides is 1. The van der Waals surface area contributed by atoms with Crippen LogP contribution in [0.1, 0.15) is 80.4 Å². The van der Waals surface area contributed by atoms with Crippen molar-refractivity contribution in [1.29, 1.82) is 0 Å². The fourth-order valence-electron chi connectivity index (χ4n) is 5.31. The number of fused-ring (bicyclic) bond motifs is 3. The maximum atomic E-state index is 12.2. The van der Waals surface area contributed by atoms with Gasteiger partial charge < -0.3 is 20.1 Å². The van der Waals surface area contributed by atoms with Crippen molar-refractivity contribution < 1.29 is 14.6 Å². The van der Waals surface area contributed by atoms with Crippen LogP contribution >= 0.6 is 0 Å². The van der Waals surface area contributed by atoms with Crippen LogP contribution in [0.25, 0.3) is 0 Å². The molecule has 1 aliphatic heterocycles. The number of hydrogen-bond donors (Lipinski definition) is 2. The largest absolute Gasteiger partial charge is 0.508 e. The van der Waals surface area contributed by atoms with Gasteiger partial charge in [-0.2, -0.15) is 0 Å². The highest BCUT2D eigenvalue weighted by Crippen LogP contribution is 2.57. The summed E-state index contributed by atoms with van der Waals surface area (Å²) in [5.74, 6) is 2.63. The molecule has 5 heteroatoms. The lowest BCUT2D eigenvalue weighted by molar-refractivity contribution is -0.122. The normalized spacial score (nSPS) is 27.9. The van der Waals surface area contributed by atoms with Crippen LogP contribution in [-0.4, -0.2) is 48.7 Å². The zero-order valence-electron chi connectivity index (χ0n) is 17.5. The monoisotopic (exact) mass is 386 g/mol. The third-order valence-corrected chi connectivity index (χ3v) is 6.99. The number of ether oxygens (including phenoxy) is 1. The van der Waals surface area contributed by atoms with Crippen molar-refractivity contribution in [2.75, 3.05) is 27.2 Å². The van der Waals surface area contributed by atoms with Gasteiger partial charge in [0.1, 0.15) is 17.1 Å². The zero-order valence-corrected chi connectivity index (χ0v) is 17.5. The van der Waals surface area contributed by atoms with Gasteiger partial charge in [0, 0.05) is 30.6 Å². The molecule has 0 spiro atoms. The highest BCUT2D eigenvalue weighted by atomic mass is 16.5. The maximum absolute atomic E-state index is 12.2. The van der Waals surface area contributed by atoms with Crippen LogP contribution in [0.5, 0.6) is 11.5 Å². The molecule has 1 aromatic rings. The molecule has 2 N–H and O–H groups in total. The summed E-state index contributed by atoms with van der Waals surface area (Å²) >= 11 is 0. The number of carbonyl (C=O) groups is 1. The highest BCUT2D eigenvalue weighted by Gasteiger charge is 2.41. The first-order valence-electron chi connectivity index (χ1n) is 10.9. The van der Waals surface area contributed by atoms with Gasteiger partial charge in [-0.1, -0.05) is 0 Å². The molecule has 2 bridgehead atoms. The predicted molar refractivity (Wildman–Crippen MR) is 110 cm³/mol. The minimum absolute atomic E-state index is 0.101. The Bertz CT molecular complexity index is 753. The third-order valence-electron chi connectivity index (χ3n) is 6.99. The van der Waals surface area contributed by atoms with Crippen LogP contribution in [-0.2, 0) is 11.2 Å². The summed E-state index contributed by atoms with van der Waals surface area (Å²) in [7, 11) is 4.01. The molecule has 1 fully saturated rings. The Morgan fingerprint density at radius 2 is 1.93 bits per heavy atom. The van der Waals surface area contributed by atoms with Gasteiger partial charge in [-0.3, -0.25) is 4.79 Å². The lowest BCUT2D eigenvalue weighted by Gasteiger charge is -2.44. The fraction of sp³-hybridized carbons (Fsp3) is 0.696. The minimum atomic E-state index is -0.312. The third kappa shape index (κ3) is 3.73. The Morgan fingerprint density at radius 1 is 1.25 bits per heavy atom. The molecule has 154 valence electrons. The quantitative estimate of drug-likeness (QED) is 0.783. The molecule has 1 heterocycles. The number of aryl methyl sites for hydroxylation is 1. The SMILES string of the molecule is CN(C)CCNC(=O)CCC1(C)CCc2cc(O)c3c(c2O1)C1CCC3CC1. The summed E-state index contributed by atoms with van der Waals surface area (Å²) in [6.07, 6.45) is 7.81. The van der Waals surface area contributed by atoms with E-state index < -0.39 is 0 Å². The van der Waals surface area contributed by atoms with Gasteiger partial charge >= 0.3 is 0 Å². The van der Waals surface area contributed by atoms with Gasteiger partial charge in [0.25, 0.3) is 0 Å². The molecule has 1 aromatic carbocycles. The summed E-state index contributed by atoms with van der Waals surface area (Å²) in [6.45, 7) is 3.68. The molecule has 5 rings (SSSR count). The van der Waals surface area contributed by atoms with Crippen molar-refractivity contribution in [2.24, 2.45) is 0 Å². The molecular formula is C23H34N2O3. The van der Waals surface area contributed by atoms with Crippen molar-refractivity contribution >= 4 is 5.91 Å². The van der Waals surface area contributed by atoms with E-state index >= 15 is 0 Å². The van der Waals surface area contributed by atoms with Gasteiger partial charge in [0.05, 0.1) is 0 Å². The van der Waals surface area contributed by atoms with Crippen LogP contribution in [0.3, 0.4) is 0 Å². The molecule has 1 atom stereocenters. The number of rotatable bonds is 6. The second kappa shape index (κ2) is 7.58. The Kier molecular flexibility index (Phi) is 5.30. The van der Waals surface area contributed by atoms with E-state index in [4.69, 9.17) is 4.74 Å². The minimum Gasteiger partial charge on any atom is -0.508 e. The summed E-state index contributed by atoms with van der Waals surface area (Å²) in [5, 5.41) is 13.7. The highest BCUT2D eigenvalue weighted by molar-refractivity contribution is 5.76. The summed E-state index contributed by atoms with van der Waals surface area (Å²) in [4.78, 5) is 14.3. The first-order valence-corrected chi connectivity index (χ1v) is 10.9. The van der Waals surface area contributed by atoms with Crippen LogP contribution in [0.15, 0.2) is 6.07 Å². The van der Waals surface area contributed by atoms with Crippen molar-refractivity contribution in [2.45, 2.75) is 75.7 Å². The Balaban J connectivity index is 1.47. The van der Waals surface area contributed by atoms with E-state index in [0.717, 1.165) is 42.7 Å². The molecule has 5 nitrogen and oxygen atoms in total. The number of likely N-dealkylation sites (N-methyl/N-ethyl adjacent to an activating group) is 1. The van der Waals surface area contributed by atoms with Gasteiger partial charge in [-0.25, -0.2) is 0 Å². The van der Waals surface area contributed by atoms with Crippen molar-refractivity contribution in [3.63, 3.8) is 0 Å². The van der Waals surface area contributed by atoms with Crippen molar-refractivity contribution in [3.8, 4) is 11.5 Å². The second-order valence-corrected chi connectivity index (χ2v) is 9.47. The molecule has 28 heavy (non-hydrogen) atoms. The summed E-state index contributed by atoms with van der Waals surface area (Å²) < 4.78 is 6.62. The van der Waals surface area contributed by atoms with Crippen LogP contribution in [0, 0.1) is 0 Å². The Hall–Kier alpha value is -1.75. The molecule has 1 unspecified atom stereocenters. The number of phenolic OH excluding ortho intramolecular Hbond substituents is 1. The van der Waals surface area contributed by atoms with E-state index in [-0.39, 0.29) is 11.5 Å². The van der Waals surface area contributed by atoms with Crippen LogP contribution in [0.4, 0.5) is 0 Å². The van der Waals surface area contributed by atoms with E-state index in [1.54, 1.807) is 0 Å². The number of phenols is 1. The number of nitrogens with zero attached hydrogens (tertiary/aromatic N) is 1. The van der Waals surface area contributed by atoms with Gasteiger partial charge in [0.2, 0.25) is 5.91 Å².